The molecule has 0 bridgehead atoms. The fourth-order valence-electron chi connectivity index (χ4n) is 2.62. The standard InChI is InChI=1S/C19H15N3O4S2/c1-25-12-7-10(8-13(26-2)16(12)23)9-15-17(24)21-19(28-15)22-18-20-11-5-3-4-6-14(11)27-18/h3-9,23H,1-2H3,(H,20,21,22,24)/b15-9+. The molecule has 4 rings (SSSR count). The molecule has 2 N–H and O–H groups in total. The molecule has 0 atom stereocenters. The van der Waals surface area contributed by atoms with Gasteiger partial charge in [0.25, 0.3) is 5.91 Å². The summed E-state index contributed by atoms with van der Waals surface area (Å²) in [5, 5.41) is 13.8. The summed E-state index contributed by atoms with van der Waals surface area (Å²) in [5.41, 5.74) is 1.53. The Hall–Kier alpha value is -3.04. The van der Waals surface area contributed by atoms with Crippen molar-refractivity contribution < 1.29 is 19.4 Å². The van der Waals surface area contributed by atoms with Crippen LogP contribution in [0.3, 0.4) is 0 Å². The van der Waals surface area contributed by atoms with Gasteiger partial charge in [-0.25, -0.2) is 4.98 Å². The van der Waals surface area contributed by atoms with Crippen molar-refractivity contribution in [1.29, 1.82) is 0 Å². The molecule has 1 fully saturated rings. The van der Waals surface area contributed by atoms with E-state index in [4.69, 9.17) is 9.47 Å². The molecule has 0 radical (unpaired) electrons. The molecule has 0 unspecified atom stereocenters. The highest BCUT2D eigenvalue weighted by atomic mass is 32.2. The highest BCUT2D eigenvalue weighted by molar-refractivity contribution is 8.18. The largest absolute Gasteiger partial charge is 0.502 e. The third kappa shape index (κ3) is 3.54. The number of amides is 1. The zero-order valence-electron chi connectivity index (χ0n) is 14.9. The molecule has 7 nitrogen and oxygen atoms in total. The molecule has 9 heteroatoms. The van der Waals surface area contributed by atoms with Gasteiger partial charge in [-0.05, 0) is 47.7 Å². The number of aromatic hydroxyl groups is 1. The normalized spacial score (nSPS) is 16.7. The second-order valence-corrected chi connectivity index (χ2v) is 7.76. The van der Waals surface area contributed by atoms with E-state index in [0.29, 0.717) is 20.8 Å². The maximum Gasteiger partial charge on any atom is 0.264 e. The third-order valence-electron chi connectivity index (χ3n) is 3.93. The zero-order valence-corrected chi connectivity index (χ0v) is 16.6. The number of aliphatic imine (C=N–C) groups is 1. The number of fused-ring (bicyclic) bond motifs is 1. The number of carbonyl (C=O) groups is 1. The van der Waals surface area contributed by atoms with Crippen LogP contribution in [-0.2, 0) is 4.79 Å². The molecule has 2 heterocycles. The minimum atomic E-state index is -0.254. The van der Waals surface area contributed by atoms with Gasteiger partial charge in [0.2, 0.25) is 10.9 Å². The summed E-state index contributed by atoms with van der Waals surface area (Å²) in [5.74, 6) is 0.181. The van der Waals surface area contributed by atoms with Crippen LogP contribution in [-0.4, -0.2) is 35.4 Å². The monoisotopic (exact) mass is 413 g/mol. The van der Waals surface area contributed by atoms with Gasteiger partial charge in [-0.15, -0.1) is 0 Å². The number of hydrogen-bond acceptors (Lipinski definition) is 8. The summed E-state index contributed by atoms with van der Waals surface area (Å²) in [6.07, 6.45) is 1.69. The maximum absolute atomic E-state index is 12.3. The van der Waals surface area contributed by atoms with Crippen LogP contribution in [0.25, 0.3) is 16.3 Å². The molecule has 3 aromatic rings. The minimum absolute atomic E-state index is 0.0891. The van der Waals surface area contributed by atoms with Crippen LogP contribution >= 0.6 is 23.1 Å². The highest BCUT2D eigenvalue weighted by Crippen LogP contribution is 2.39. The van der Waals surface area contributed by atoms with Gasteiger partial charge >= 0.3 is 0 Å². The van der Waals surface area contributed by atoms with E-state index in [-0.39, 0.29) is 23.2 Å². The van der Waals surface area contributed by atoms with Crippen molar-refractivity contribution >= 4 is 55.6 Å². The number of phenols is 1. The molecule has 0 saturated carbocycles. The first-order valence-electron chi connectivity index (χ1n) is 8.17. The Morgan fingerprint density at radius 2 is 1.89 bits per heavy atom. The number of carbonyl (C=O) groups excluding carboxylic acids is 1. The van der Waals surface area contributed by atoms with Crippen LogP contribution in [0.4, 0.5) is 5.13 Å². The average molecular weight is 413 g/mol. The number of ether oxygens (including phenoxy) is 2. The number of nitrogens with zero attached hydrogens (tertiary/aromatic N) is 2. The van der Waals surface area contributed by atoms with E-state index in [0.717, 1.165) is 10.2 Å². The summed E-state index contributed by atoms with van der Waals surface area (Å²) in [7, 11) is 2.90. The van der Waals surface area contributed by atoms with Gasteiger partial charge in [-0.3, -0.25) is 4.79 Å². The topological polar surface area (TPSA) is 93.0 Å². The van der Waals surface area contributed by atoms with Crippen molar-refractivity contribution in [2.75, 3.05) is 14.2 Å². The van der Waals surface area contributed by atoms with Crippen molar-refractivity contribution in [3.05, 3.63) is 46.9 Å². The number of rotatable bonds is 4. The number of amidine groups is 1. The molecular weight excluding hydrogens is 398 g/mol. The van der Waals surface area contributed by atoms with Crippen molar-refractivity contribution in [1.82, 2.24) is 10.3 Å². The van der Waals surface area contributed by atoms with Gasteiger partial charge < -0.3 is 19.9 Å². The van der Waals surface area contributed by atoms with Crippen LogP contribution < -0.4 is 14.8 Å². The number of aromatic nitrogens is 1. The van der Waals surface area contributed by atoms with Crippen molar-refractivity contribution in [3.8, 4) is 17.2 Å². The van der Waals surface area contributed by atoms with Crippen molar-refractivity contribution in [2.45, 2.75) is 0 Å². The number of phenolic OH excluding ortho intramolecular Hbond substituents is 1. The molecular formula is C19H15N3O4S2. The molecule has 1 saturated heterocycles. The van der Waals surface area contributed by atoms with Crippen molar-refractivity contribution in [2.24, 2.45) is 4.99 Å². The van der Waals surface area contributed by atoms with E-state index in [1.807, 2.05) is 24.3 Å². The lowest BCUT2D eigenvalue weighted by molar-refractivity contribution is -0.115. The third-order valence-corrected chi connectivity index (χ3v) is 5.77. The Balaban J connectivity index is 1.62. The van der Waals surface area contributed by atoms with Crippen LogP contribution in [0.2, 0.25) is 0 Å². The highest BCUT2D eigenvalue weighted by Gasteiger charge is 2.24. The zero-order chi connectivity index (χ0) is 19.7. The quantitative estimate of drug-likeness (QED) is 0.630. The predicted molar refractivity (Wildman–Crippen MR) is 112 cm³/mol. The van der Waals surface area contributed by atoms with E-state index in [1.165, 1.54) is 37.3 Å². The van der Waals surface area contributed by atoms with Gasteiger partial charge in [0.05, 0.1) is 29.3 Å². The fourth-order valence-corrected chi connectivity index (χ4v) is 4.35. The Morgan fingerprint density at radius 1 is 1.18 bits per heavy atom. The molecule has 1 aromatic heterocycles. The Morgan fingerprint density at radius 3 is 2.57 bits per heavy atom. The Bertz CT molecular complexity index is 1080. The molecule has 142 valence electrons. The first-order valence-corrected chi connectivity index (χ1v) is 9.81. The summed E-state index contributed by atoms with van der Waals surface area (Å²) in [6.45, 7) is 0. The molecule has 1 aliphatic heterocycles. The van der Waals surface area contributed by atoms with E-state index in [9.17, 15) is 9.90 Å². The van der Waals surface area contributed by atoms with Gasteiger partial charge in [-0.1, -0.05) is 23.5 Å². The lowest BCUT2D eigenvalue weighted by atomic mass is 10.1. The van der Waals surface area contributed by atoms with E-state index >= 15 is 0 Å². The number of hydrogen-bond donors (Lipinski definition) is 2. The molecule has 2 aromatic carbocycles. The second kappa shape index (κ2) is 7.53. The van der Waals surface area contributed by atoms with Gasteiger partial charge in [0.1, 0.15) is 0 Å². The summed E-state index contributed by atoms with van der Waals surface area (Å²) in [4.78, 5) is 21.7. The SMILES string of the molecule is COc1cc(/C=C2/S/C(=N/c3nc4ccccc4s3)NC2=O)cc(OC)c1O. The summed E-state index contributed by atoms with van der Waals surface area (Å²) in [6, 6.07) is 11.0. The summed E-state index contributed by atoms with van der Waals surface area (Å²) >= 11 is 2.68. The number of methoxy groups -OCH3 is 2. The van der Waals surface area contributed by atoms with E-state index < -0.39 is 0 Å². The van der Waals surface area contributed by atoms with Gasteiger partial charge in [-0.2, -0.15) is 4.99 Å². The lowest BCUT2D eigenvalue weighted by Gasteiger charge is -2.09. The molecule has 0 spiro atoms. The van der Waals surface area contributed by atoms with E-state index in [1.54, 1.807) is 18.2 Å². The van der Waals surface area contributed by atoms with Gasteiger partial charge in [0, 0.05) is 0 Å². The fraction of sp³-hybridized carbons (Fsp3) is 0.105. The number of thioether (sulfide) groups is 1. The maximum atomic E-state index is 12.3. The lowest BCUT2D eigenvalue weighted by Crippen LogP contribution is -2.19. The van der Waals surface area contributed by atoms with Gasteiger partial charge in [0.15, 0.2) is 16.7 Å². The first kappa shape index (κ1) is 18.3. The molecule has 1 aliphatic rings. The van der Waals surface area contributed by atoms with Crippen LogP contribution in [0, 0.1) is 0 Å². The smallest absolute Gasteiger partial charge is 0.264 e. The Labute approximate surface area is 168 Å². The molecule has 1 amide bonds. The second-order valence-electron chi connectivity index (χ2n) is 5.72. The van der Waals surface area contributed by atoms with Crippen molar-refractivity contribution in [3.63, 3.8) is 0 Å². The number of benzene rings is 2. The summed E-state index contributed by atoms with van der Waals surface area (Å²) < 4.78 is 11.3. The molecule has 0 aliphatic carbocycles. The molecule has 28 heavy (non-hydrogen) atoms. The van der Waals surface area contributed by atoms with Crippen LogP contribution in [0.5, 0.6) is 17.2 Å². The number of para-hydroxylation sites is 1. The average Bonchev–Trinajstić information content (AvgIpc) is 3.25. The predicted octanol–water partition coefficient (Wildman–Crippen LogP) is 3.91. The van der Waals surface area contributed by atoms with Crippen LogP contribution in [0.1, 0.15) is 5.56 Å². The number of thiazole rings is 1. The van der Waals surface area contributed by atoms with Crippen LogP contribution in [0.15, 0.2) is 46.3 Å². The Kier molecular flexibility index (Phi) is 4.93. The minimum Gasteiger partial charge on any atom is -0.502 e. The number of nitrogens with one attached hydrogen (secondary N) is 1. The first-order chi connectivity index (χ1) is 13.6. The van der Waals surface area contributed by atoms with E-state index in [2.05, 4.69) is 15.3 Å².